The van der Waals surface area contributed by atoms with Crippen LogP contribution in [0.25, 0.3) is 21.5 Å². The topological polar surface area (TPSA) is 54.7 Å². The Kier molecular flexibility index (Phi) is 2.66. The van der Waals surface area contributed by atoms with Crippen LogP contribution in [0.2, 0.25) is 0 Å². The van der Waals surface area contributed by atoms with Crippen LogP contribution in [-0.2, 0) is 6.42 Å². The molecule has 2 heterocycles. The molecule has 0 aliphatic carbocycles. The van der Waals surface area contributed by atoms with Gasteiger partial charge in [-0.25, -0.2) is 4.37 Å². The average Bonchev–Trinajstić information content (AvgIpc) is 2.94. The summed E-state index contributed by atoms with van der Waals surface area (Å²) in [5.41, 5.74) is 9.13. The lowest BCUT2D eigenvalue weighted by Crippen LogP contribution is -2.02. The highest BCUT2D eigenvalue weighted by molar-refractivity contribution is 7.09. The first-order valence-corrected chi connectivity index (χ1v) is 6.37. The van der Waals surface area contributed by atoms with Crippen molar-refractivity contribution < 1.29 is 0 Å². The molecule has 0 radical (unpaired) electrons. The van der Waals surface area contributed by atoms with Crippen molar-refractivity contribution in [2.75, 3.05) is 6.54 Å². The summed E-state index contributed by atoms with van der Waals surface area (Å²) in [4.78, 5) is 4.63. The summed E-state index contributed by atoms with van der Waals surface area (Å²) in [5, 5.41) is 1.23. The zero-order valence-corrected chi connectivity index (χ0v) is 10.1. The number of aromatic nitrogens is 2. The van der Waals surface area contributed by atoms with Gasteiger partial charge >= 0.3 is 0 Å². The zero-order valence-electron chi connectivity index (χ0n) is 9.31. The van der Waals surface area contributed by atoms with Crippen LogP contribution in [0, 0.1) is 0 Å². The molecule has 0 saturated carbocycles. The number of benzene rings is 1. The van der Waals surface area contributed by atoms with Gasteiger partial charge in [-0.3, -0.25) is 0 Å². The Morgan fingerprint density at radius 3 is 3.00 bits per heavy atom. The largest absolute Gasteiger partial charge is 0.354 e. The molecule has 0 amide bonds. The summed E-state index contributed by atoms with van der Waals surface area (Å²) in [6.45, 7) is 0.658. The molecule has 0 atom stereocenters. The van der Waals surface area contributed by atoms with Crippen LogP contribution >= 0.6 is 11.5 Å². The smallest absolute Gasteiger partial charge is 0.0745 e. The molecule has 17 heavy (non-hydrogen) atoms. The van der Waals surface area contributed by atoms with Crippen LogP contribution in [0.4, 0.5) is 0 Å². The molecule has 1 aromatic carbocycles. The molecule has 3 rings (SSSR count). The molecule has 0 bridgehead atoms. The van der Waals surface area contributed by atoms with E-state index in [4.69, 9.17) is 5.73 Å². The average molecular weight is 243 g/mol. The number of rotatable bonds is 3. The first-order chi connectivity index (χ1) is 8.38. The maximum absolute atomic E-state index is 5.61. The number of fused-ring (bicyclic) bond motifs is 1. The molecule has 2 aromatic heterocycles. The van der Waals surface area contributed by atoms with Crippen molar-refractivity contribution >= 4 is 22.4 Å². The van der Waals surface area contributed by atoms with Gasteiger partial charge in [0.1, 0.15) is 0 Å². The number of aromatic amines is 1. The Balaban J connectivity index is 2.10. The van der Waals surface area contributed by atoms with Gasteiger partial charge in [0.25, 0.3) is 0 Å². The van der Waals surface area contributed by atoms with Crippen molar-refractivity contribution in [3.8, 4) is 10.6 Å². The van der Waals surface area contributed by atoms with Crippen molar-refractivity contribution in [3.05, 3.63) is 42.1 Å². The van der Waals surface area contributed by atoms with E-state index in [0.717, 1.165) is 17.6 Å². The third kappa shape index (κ3) is 1.85. The molecular formula is C13H13N3S. The Labute approximate surface area is 103 Å². The number of nitrogens with two attached hydrogens (primary N) is 1. The Bertz CT molecular complexity index is 606. The maximum atomic E-state index is 5.61. The van der Waals surface area contributed by atoms with E-state index in [9.17, 15) is 0 Å². The summed E-state index contributed by atoms with van der Waals surface area (Å²) in [6.07, 6.45) is 2.79. The van der Waals surface area contributed by atoms with Gasteiger partial charge in [0, 0.05) is 17.1 Å². The van der Waals surface area contributed by atoms with Crippen molar-refractivity contribution in [1.82, 2.24) is 9.36 Å². The van der Waals surface area contributed by atoms with Crippen LogP contribution in [-0.4, -0.2) is 15.9 Å². The number of nitrogens with one attached hydrogen (secondary N) is 1. The van der Waals surface area contributed by atoms with Crippen molar-refractivity contribution in [2.24, 2.45) is 5.73 Å². The van der Waals surface area contributed by atoms with Crippen LogP contribution in [0.15, 0.2) is 36.5 Å². The first-order valence-electron chi connectivity index (χ1n) is 5.60. The molecule has 3 N–H and O–H groups in total. The maximum Gasteiger partial charge on any atom is 0.0745 e. The van der Waals surface area contributed by atoms with Gasteiger partial charge in [-0.15, -0.1) is 0 Å². The second-order valence-electron chi connectivity index (χ2n) is 3.99. The normalized spacial score (nSPS) is 11.1. The Morgan fingerprint density at radius 1 is 1.29 bits per heavy atom. The molecule has 3 aromatic rings. The van der Waals surface area contributed by atoms with E-state index in [0.29, 0.717) is 6.54 Å². The van der Waals surface area contributed by atoms with Gasteiger partial charge in [-0.1, -0.05) is 18.2 Å². The fourth-order valence-electron chi connectivity index (χ4n) is 2.01. The minimum Gasteiger partial charge on any atom is -0.354 e. The zero-order chi connectivity index (χ0) is 11.7. The summed E-state index contributed by atoms with van der Waals surface area (Å²) in [5.74, 6) is 0. The van der Waals surface area contributed by atoms with Crippen LogP contribution in [0.3, 0.4) is 0 Å². The van der Waals surface area contributed by atoms with E-state index in [-0.39, 0.29) is 0 Å². The predicted molar refractivity (Wildman–Crippen MR) is 72.2 cm³/mol. The standard InChI is InChI=1S/C13H13N3S/c14-6-5-10-8-15-17-13(10)12-7-9-3-1-2-4-11(9)16-12/h1-4,7-8,16H,5-6,14H2. The van der Waals surface area contributed by atoms with Gasteiger partial charge in [-0.2, -0.15) is 0 Å². The fourth-order valence-corrected chi connectivity index (χ4v) is 2.78. The minimum absolute atomic E-state index is 0.658. The van der Waals surface area contributed by atoms with Gasteiger partial charge in [0.15, 0.2) is 0 Å². The van der Waals surface area contributed by atoms with Gasteiger partial charge in [0.05, 0.1) is 10.6 Å². The fraction of sp³-hybridized carbons (Fsp3) is 0.154. The number of para-hydroxylation sites is 1. The van der Waals surface area contributed by atoms with Gasteiger partial charge in [-0.05, 0) is 42.2 Å². The summed E-state index contributed by atoms with van der Waals surface area (Å²) < 4.78 is 4.25. The lowest BCUT2D eigenvalue weighted by atomic mass is 10.1. The SMILES string of the molecule is NCCc1cnsc1-c1cc2ccccc2[nH]1. The highest BCUT2D eigenvalue weighted by Gasteiger charge is 2.10. The molecule has 0 unspecified atom stereocenters. The number of H-pyrrole nitrogens is 1. The highest BCUT2D eigenvalue weighted by Crippen LogP contribution is 2.29. The minimum atomic E-state index is 0.658. The Hall–Kier alpha value is -1.65. The third-order valence-corrected chi connectivity index (χ3v) is 3.71. The van der Waals surface area contributed by atoms with E-state index < -0.39 is 0 Å². The van der Waals surface area contributed by atoms with E-state index in [1.54, 1.807) is 0 Å². The second kappa shape index (κ2) is 4.31. The van der Waals surface area contributed by atoms with E-state index in [2.05, 4.69) is 27.6 Å². The number of hydrogen-bond donors (Lipinski definition) is 2. The first kappa shape index (κ1) is 10.5. The quantitative estimate of drug-likeness (QED) is 0.743. The van der Waals surface area contributed by atoms with Gasteiger partial charge < -0.3 is 10.7 Å². The van der Waals surface area contributed by atoms with Gasteiger partial charge in [0.2, 0.25) is 0 Å². The highest BCUT2D eigenvalue weighted by atomic mass is 32.1. The molecule has 0 spiro atoms. The van der Waals surface area contributed by atoms with E-state index >= 15 is 0 Å². The van der Waals surface area contributed by atoms with Crippen molar-refractivity contribution in [3.63, 3.8) is 0 Å². The Morgan fingerprint density at radius 2 is 2.18 bits per heavy atom. The van der Waals surface area contributed by atoms with E-state index in [1.165, 1.54) is 27.4 Å². The lowest BCUT2D eigenvalue weighted by Gasteiger charge is -1.97. The second-order valence-corrected chi connectivity index (χ2v) is 4.79. The predicted octanol–water partition coefficient (Wildman–Crippen LogP) is 2.79. The molecule has 0 fully saturated rings. The molecular weight excluding hydrogens is 230 g/mol. The molecule has 0 aliphatic rings. The monoisotopic (exact) mass is 243 g/mol. The van der Waals surface area contributed by atoms with Crippen molar-refractivity contribution in [1.29, 1.82) is 0 Å². The van der Waals surface area contributed by atoms with E-state index in [1.807, 2.05) is 18.3 Å². The summed E-state index contributed by atoms with van der Waals surface area (Å²) in [7, 11) is 0. The molecule has 0 saturated heterocycles. The molecule has 86 valence electrons. The summed E-state index contributed by atoms with van der Waals surface area (Å²) >= 11 is 1.52. The van der Waals surface area contributed by atoms with Crippen molar-refractivity contribution in [2.45, 2.75) is 6.42 Å². The lowest BCUT2D eigenvalue weighted by molar-refractivity contribution is 0.971. The molecule has 3 nitrogen and oxygen atoms in total. The number of hydrogen-bond acceptors (Lipinski definition) is 3. The number of nitrogens with zero attached hydrogens (tertiary/aromatic N) is 1. The van der Waals surface area contributed by atoms with Crippen LogP contribution < -0.4 is 5.73 Å². The molecule has 0 aliphatic heterocycles. The van der Waals surface area contributed by atoms with Crippen LogP contribution in [0.1, 0.15) is 5.56 Å². The molecule has 4 heteroatoms. The third-order valence-electron chi connectivity index (χ3n) is 2.83. The van der Waals surface area contributed by atoms with Crippen LogP contribution in [0.5, 0.6) is 0 Å². The summed E-state index contributed by atoms with van der Waals surface area (Å²) in [6, 6.07) is 10.5.